The first-order valence-electron chi connectivity index (χ1n) is 6.72. The molecule has 1 unspecified atom stereocenters. The Labute approximate surface area is 118 Å². The van der Waals surface area contributed by atoms with Crippen LogP contribution in [0, 0.1) is 6.92 Å². The summed E-state index contributed by atoms with van der Waals surface area (Å²) in [5.74, 6) is -0.0287. The zero-order valence-electron chi connectivity index (χ0n) is 12.0. The van der Waals surface area contributed by atoms with Crippen molar-refractivity contribution in [1.82, 2.24) is 10.3 Å². The van der Waals surface area contributed by atoms with Crippen LogP contribution < -0.4 is 16.4 Å². The molecule has 0 aliphatic rings. The average Bonchev–Trinajstić information content (AvgIpc) is 2.39. The van der Waals surface area contributed by atoms with Gasteiger partial charge in [-0.2, -0.15) is 0 Å². The van der Waals surface area contributed by atoms with Crippen molar-refractivity contribution in [3.63, 3.8) is 0 Å². The minimum Gasteiger partial charge on any atom is -0.399 e. The van der Waals surface area contributed by atoms with Gasteiger partial charge in [0.25, 0.3) is 0 Å². The van der Waals surface area contributed by atoms with E-state index in [1.165, 1.54) is 0 Å². The lowest BCUT2D eigenvalue weighted by Crippen LogP contribution is -2.37. The number of anilines is 2. The summed E-state index contributed by atoms with van der Waals surface area (Å²) in [4.78, 5) is 16.3. The lowest BCUT2D eigenvalue weighted by Gasteiger charge is -2.17. The number of aromatic nitrogens is 1. The third-order valence-corrected chi connectivity index (χ3v) is 3.08. The first-order valence-corrected chi connectivity index (χ1v) is 6.72. The minimum absolute atomic E-state index is 0.0287. The molecule has 106 valence electrons. The van der Waals surface area contributed by atoms with Crippen LogP contribution >= 0.6 is 0 Å². The summed E-state index contributed by atoms with van der Waals surface area (Å²) in [7, 11) is 0. The van der Waals surface area contributed by atoms with E-state index in [0.29, 0.717) is 12.2 Å². The number of hydrogen-bond acceptors (Lipinski definition) is 4. The van der Waals surface area contributed by atoms with Gasteiger partial charge >= 0.3 is 0 Å². The maximum atomic E-state index is 11.8. The van der Waals surface area contributed by atoms with Crippen molar-refractivity contribution in [2.75, 3.05) is 17.6 Å². The predicted octanol–water partition coefficient (Wildman–Crippen LogP) is 2.06. The van der Waals surface area contributed by atoms with Gasteiger partial charge in [-0.3, -0.25) is 9.78 Å². The van der Waals surface area contributed by atoms with Crippen LogP contribution in [-0.4, -0.2) is 23.5 Å². The molecule has 0 spiro atoms. The second-order valence-electron chi connectivity index (χ2n) is 4.85. The number of pyridine rings is 1. The number of nitrogens with zero attached hydrogens (tertiary/aromatic N) is 1. The summed E-state index contributed by atoms with van der Waals surface area (Å²) in [6, 6.07) is 7.19. The SMILES string of the molecule is CCNC(=O)C(C)Nc1cc(C)nc2ccc(N)cc12. The van der Waals surface area contributed by atoms with Gasteiger partial charge in [-0.15, -0.1) is 0 Å². The van der Waals surface area contributed by atoms with Crippen LogP contribution in [-0.2, 0) is 4.79 Å². The first-order chi connectivity index (χ1) is 9.51. The van der Waals surface area contributed by atoms with Gasteiger partial charge in [0.15, 0.2) is 0 Å². The van der Waals surface area contributed by atoms with E-state index < -0.39 is 0 Å². The van der Waals surface area contributed by atoms with Gasteiger partial charge in [-0.1, -0.05) is 0 Å². The van der Waals surface area contributed by atoms with Crippen molar-refractivity contribution in [3.8, 4) is 0 Å². The number of benzene rings is 1. The summed E-state index contributed by atoms with van der Waals surface area (Å²) in [6.07, 6.45) is 0. The number of rotatable bonds is 4. The third kappa shape index (κ3) is 2.99. The quantitative estimate of drug-likeness (QED) is 0.744. The monoisotopic (exact) mass is 272 g/mol. The second kappa shape index (κ2) is 5.77. The summed E-state index contributed by atoms with van der Waals surface area (Å²) >= 11 is 0. The largest absolute Gasteiger partial charge is 0.399 e. The molecular weight excluding hydrogens is 252 g/mol. The molecule has 0 saturated carbocycles. The highest BCUT2D eigenvalue weighted by atomic mass is 16.2. The number of amides is 1. The van der Waals surface area contributed by atoms with Crippen LogP contribution in [0.15, 0.2) is 24.3 Å². The molecule has 1 aromatic carbocycles. The van der Waals surface area contributed by atoms with E-state index in [4.69, 9.17) is 5.73 Å². The van der Waals surface area contributed by atoms with E-state index in [2.05, 4.69) is 15.6 Å². The highest BCUT2D eigenvalue weighted by Crippen LogP contribution is 2.25. The van der Waals surface area contributed by atoms with Crippen molar-refractivity contribution >= 4 is 28.2 Å². The summed E-state index contributed by atoms with van der Waals surface area (Å²) < 4.78 is 0. The lowest BCUT2D eigenvalue weighted by atomic mass is 10.1. The van der Waals surface area contributed by atoms with Gasteiger partial charge < -0.3 is 16.4 Å². The molecule has 0 saturated heterocycles. The van der Waals surface area contributed by atoms with E-state index in [-0.39, 0.29) is 11.9 Å². The summed E-state index contributed by atoms with van der Waals surface area (Å²) in [5.41, 5.74) is 9.15. The van der Waals surface area contributed by atoms with Crippen molar-refractivity contribution < 1.29 is 4.79 Å². The fraction of sp³-hybridized carbons (Fsp3) is 0.333. The molecule has 0 aliphatic heterocycles. The normalized spacial score (nSPS) is 12.2. The van der Waals surface area contributed by atoms with Crippen LogP contribution in [0.1, 0.15) is 19.5 Å². The van der Waals surface area contributed by atoms with Crippen molar-refractivity contribution in [2.45, 2.75) is 26.8 Å². The first kappa shape index (κ1) is 14.1. The fourth-order valence-corrected chi connectivity index (χ4v) is 2.12. The molecule has 20 heavy (non-hydrogen) atoms. The molecule has 4 N–H and O–H groups in total. The second-order valence-corrected chi connectivity index (χ2v) is 4.85. The number of hydrogen-bond donors (Lipinski definition) is 3. The molecule has 2 rings (SSSR count). The Bertz CT molecular complexity index is 639. The Morgan fingerprint density at radius 1 is 1.40 bits per heavy atom. The molecule has 1 aromatic heterocycles. The van der Waals surface area contributed by atoms with Crippen LogP contribution in [0.25, 0.3) is 10.9 Å². The summed E-state index contributed by atoms with van der Waals surface area (Å²) in [5, 5.41) is 6.95. The number of likely N-dealkylation sites (N-methyl/N-ethyl adjacent to an activating group) is 1. The molecule has 0 aliphatic carbocycles. The number of fused-ring (bicyclic) bond motifs is 1. The molecule has 1 atom stereocenters. The molecule has 1 heterocycles. The van der Waals surface area contributed by atoms with Gasteiger partial charge in [0.1, 0.15) is 6.04 Å². The minimum atomic E-state index is -0.318. The van der Waals surface area contributed by atoms with Gasteiger partial charge in [-0.25, -0.2) is 0 Å². The van der Waals surface area contributed by atoms with Crippen LogP contribution in [0.4, 0.5) is 11.4 Å². The van der Waals surface area contributed by atoms with Crippen molar-refractivity contribution in [3.05, 3.63) is 30.0 Å². The molecule has 5 nitrogen and oxygen atoms in total. The molecule has 1 amide bonds. The standard InChI is InChI=1S/C15H20N4O/c1-4-17-15(20)10(3)19-14-7-9(2)18-13-6-5-11(16)8-12(13)14/h5-8,10H,4,16H2,1-3H3,(H,17,20)(H,18,19). The fourth-order valence-electron chi connectivity index (χ4n) is 2.12. The van der Waals surface area contributed by atoms with Gasteiger partial charge in [-0.05, 0) is 45.0 Å². The van der Waals surface area contributed by atoms with E-state index in [0.717, 1.165) is 22.3 Å². The topological polar surface area (TPSA) is 80.0 Å². The van der Waals surface area contributed by atoms with E-state index in [9.17, 15) is 4.79 Å². The molecular formula is C15H20N4O. The zero-order valence-corrected chi connectivity index (χ0v) is 12.0. The Morgan fingerprint density at radius 2 is 2.15 bits per heavy atom. The molecule has 5 heteroatoms. The average molecular weight is 272 g/mol. The van der Waals surface area contributed by atoms with Gasteiger partial charge in [0.2, 0.25) is 5.91 Å². The van der Waals surface area contributed by atoms with Crippen molar-refractivity contribution in [1.29, 1.82) is 0 Å². The molecule has 0 fully saturated rings. The Kier molecular flexibility index (Phi) is 4.08. The maximum Gasteiger partial charge on any atom is 0.242 e. The Morgan fingerprint density at radius 3 is 2.85 bits per heavy atom. The summed E-state index contributed by atoms with van der Waals surface area (Å²) in [6.45, 7) is 6.28. The third-order valence-electron chi connectivity index (χ3n) is 3.08. The van der Waals surface area contributed by atoms with E-state index in [1.807, 2.05) is 45.0 Å². The number of carbonyl (C=O) groups is 1. The zero-order chi connectivity index (χ0) is 14.7. The molecule has 0 bridgehead atoms. The van der Waals surface area contributed by atoms with Crippen LogP contribution in [0.5, 0.6) is 0 Å². The Hall–Kier alpha value is -2.30. The maximum absolute atomic E-state index is 11.8. The molecule has 0 radical (unpaired) electrons. The van der Waals surface area contributed by atoms with Gasteiger partial charge in [0.05, 0.1) is 5.52 Å². The van der Waals surface area contributed by atoms with Crippen molar-refractivity contribution in [2.24, 2.45) is 0 Å². The number of carbonyl (C=O) groups excluding carboxylic acids is 1. The lowest BCUT2D eigenvalue weighted by molar-refractivity contribution is -0.121. The highest BCUT2D eigenvalue weighted by Gasteiger charge is 2.13. The Balaban J connectivity index is 2.38. The smallest absolute Gasteiger partial charge is 0.242 e. The predicted molar refractivity (Wildman–Crippen MR) is 82.7 cm³/mol. The van der Waals surface area contributed by atoms with Gasteiger partial charge in [0, 0.05) is 29.0 Å². The van der Waals surface area contributed by atoms with Crippen LogP contribution in [0.2, 0.25) is 0 Å². The number of aryl methyl sites for hydroxylation is 1. The number of nitrogen functional groups attached to an aromatic ring is 1. The van der Waals surface area contributed by atoms with Crippen LogP contribution in [0.3, 0.4) is 0 Å². The van der Waals surface area contributed by atoms with E-state index >= 15 is 0 Å². The molecule has 2 aromatic rings. The number of nitrogens with one attached hydrogen (secondary N) is 2. The highest BCUT2D eigenvalue weighted by molar-refractivity contribution is 5.95. The number of nitrogens with two attached hydrogens (primary N) is 1. The van der Waals surface area contributed by atoms with E-state index in [1.54, 1.807) is 0 Å².